The minimum atomic E-state index is -0.0207. The first kappa shape index (κ1) is 10.6. The first-order valence-corrected chi connectivity index (χ1v) is 4.79. The lowest BCUT2D eigenvalue weighted by Crippen LogP contribution is -2.47. The lowest BCUT2D eigenvalue weighted by atomic mass is 9.91. The molecule has 0 aromatic heterocycles. The van der Waals surface area contributed by atoms with Gasteiger partial charge in [0.05, 0.1) is 12.1 Å². The van der Waals surface area contributed by atoms with E-state index in [0.29, 0.717) is 0 Å². The van der Waals surface area contributed by atoms with Gasteiger partial charge in [0.2, 0.25) is 0 Å². The number of hydrogen-bond donors (Lipinski definition) is 5. The SMILES string of the molecule is N=C(N)N[C@@H]1CCCC[C@H]1N=C(N)N. The number of nitrogens with two attached hydrogens (primary N) is 3. The van der Waals surface area contributed by atoms with Crippen molar-refractivity contribution in [1.29, 1.82) is 5.41 Å². The fraction of sp³-hybridized carbons (Fsp3) is 0.750. The van der Waals surface area contributed by atoms with Crippen LogP contribution in [0.2, 0.25) is 0 Å². The molecule has 2 atom stereocenters. The van der Waals surface area contributed by atoms with E-state index in [-0.39, 0.29) is 24.0 Å². The van der Waals surface area contributed by atoms with Crippen molar-refractivity contribution >= 4 is 11.9 Å². The maximum Gasteiger partial charge on any atom is 0.186 e. The summed E-state index contributed by atoms with van der Waals surface area (Å²) in [5.41, 5.74) is 15.9. The van der Waals surface area contributed by atoms with Crippen molar-refractivity contribution < 1.29 is 0 Å². The van der Waals surface area contributed by atoms with E-state index in [0.717, 1.165) is 25.7 Å². The molecule has 0 bridgehead atoms. The second kappa shape index (κ2) is 4.69. The Bertz CT molecular complexity index is 232. The summed E-state index contributed by atoms with van der Waals surface area (Å²) in [4.78, 5) is 4.13. The number of hydrogen-bond acceptors (Lipinski definition) is 2. The van der Waals surface area contributed by atoms with Gasteiger partial charge in [0.25, 0.3) is 0 Å². The van der Waals surface area contributed by atoms with Crippen LogP contribution in [0.4, 0.5) is 0 Å². The average molecular weight is 198 g/mol. The molecule has 14 heavy (non-hydrogen) atoms. The molecule has 1 aliphatic carbocycles. The van der Waals surface area contributed by atoms with Crippen LogP contribution in [0.1, 0.15) is 25.7 Å². The second-order valence-electron chi connectivity index (χ2n) is 3.57. The Morgan fingerprint density at radius 1 is 1.21 bits per heavy atom. The van der Waals surface area contributed by atoms with Crippen LogP contribution >= 0.6 is 0 Å². The van der Waals surface area contributed by atoms with Gasteiger partial charge in [-0.2, -0.15) is 0 Å². The van der Waals surface area contributed by atoms with Gasteiger partial charge in [-0.1, -0.05) is 12.8 Å². The van der Waals surface area contributed by atoms with E-state index in [9.17, 15) is 0 Å². The van der Waals surface area contributed by atoms with Crippen LogP contribution < -0.4 is 22.5 Å². The first-order chi connectivity index (χ1) is 6.59. The zero-order valence-electron chi connectivity index (χ0n) is 8.16. The smallest absolute Gasteiger partial charge is 0.186 e. The molecule has 0 aromatic carbocycles. The molecule has 6 heteroatoms. The normalized spacial score (nSPS) is 26.6. The molecule has 0 aromatic rings. The monoisotopic (exact) mass is 198 g/mol. The highest BCUT2D eigenvalue weighted by molar-refractivity contribution is 5.76. The molecular formula is C8H18N6. The van der Waals surface area contributed by atoms with Gasteiger partial charge in [0.15, 0.2) is 11.9 Å². The van der Waals surface area contributed by atoms with Crippen LogP contribution in [-0.2, 0) is 0 Å². The maximum absolute atomic E-state index is 7.16. The summed E-state index contributed by atoms with van der Waals surface area (Å²) in [7, 11) is 0. The molecule has 1 saturated carbocycles. The summed E-state index contributed by atoms with van der Waals surface area (Å²) in [5.74, 6) is 0.0833. The lowest BCUT2D eigenvalue weighted by Gasteiger charge is -2.29. The van der Waals surface area contributed by atoms with Crippen LogP contribution in [0.25, 0.3) is 0 Å². The molecule has 0 amide bonds. The molecule has 8 N–H and O–H groups in total. The fourth-order valence-corrected chi connectivity index (χ4v) is 1.83. The van der Waals surface area contributed by atoms with E-state index in [4.69, 9.17) is 22.6 Å². The molecule has 1 aliphatic rings. The van der Waals surface area contributed by atoms with E-state index in [1.165, 1.54) is 0 Å². The number of rotatable bonds is 2. The van der Waals surface area contributed by atoms with E-state index in [2.05, 4.69) is 10.3 Å². The van der Waals surface area contributed by atoms with Crippen LogP contribution in [0.15, 0.2) is 4.99 Å². The predicted octanol–water partition coefficient (Wildman–Crippen LogP) is -0.946. The van der Waals surface area contributed by atoms with Gasteiger partial charge in [-0.3, -0.25) is 5.41 Å². The minimum absolute atomic E-state index is 0.0207. The van der Waals surface area contributed by atoms with E-state index >= 15 is 0 Å². The molecule has 80 valence electrons. The Balaban J connectivity index is 2.59. The lowest BCUT2D eigenvalue weighted by molar-refractivity contribution is 0.361. The Morgan fingerprint density at radius 3 is 2.43 bits per heavy atom. The summed E-state index contributed by atoms with van der Waals surface area (Å²) in [6.45, 7) is 0. The van der Waals surface area contributed by atoms with Gasteiger partial charge in [-0.25, -0.2) is 4.99 Å². The number of aliphatic imine (C=N–C) groups is 1. The van der Waals surface area contributed by atoms with E-state index < -0.39 is 0 Å². The van der Waals surface area contributed by atoms with Crippen molar-refractivity contribution in [3.05, 3.63) is 0 Å². The van der Waals surface area contributed by atoms with Gasteiger partial charge >= 0.3 is 0 Å². The van der Waals surface area contributed by atoms with Gasteiger partial charge in [-0.05, 0) is 12.8 Å². The van der Waals surface area contributed by atoms with Crippen molar-refractivity contribution in [3.8, 4) is 0 Å². The topological polar surface area (TPSA) is 126 Å². The van der Waals surface area contributed by atoms with Crippen LogP contribution in [0.5, 0.6) is 0 Å². The zero-order valence-corrected chi connectivity index (χ0v) is 8.16. The third-order valence-electron chi connectivity index (χ3n) is 2.39. The summed E-state index contributed by atoms with van der Waals surface area (Å²) < 4.78 is 0. The third kappa shape index (κ3) is 3.12. The zero-order chi connectivity index (χ0) is 10.6. The van der Waals surface area contributed by atoms with Crippen LogP contribution in [-0.4, -0.2) is 24.0 Å². The molecule has 1 rings (SSSR count). The van der Waals surface area contributed by atoms with Crippen LogP contribution in [0.3, 0.4) is 0 Å². The van der Waals surface area contributed by atoms with Crippen molar-refractivity contribution in [1.82, 2.24) is 5.32 Å². The molecule has 1 fully saturated rings. The van der Waals surface area contributed by atoms with Crippen LogP contribution in [0, 0.1) is 5.41 Å². The summed E-state index contributed by atoms with van der Waals surface area (Å²) in [6.07, 6.45) is 4.16. The summed E-state index contributed by atoms with van der Waals surface area (Å²) in [6, 6.07) is 0.154. The Morgan fingerprint density at radius 2 is 1.86 bits per heavy atom. The van der Waals surface area contributed by atoms with E-state index in [1.54, 1.807) is 0 Å². The van der Waals surface area contributed by atoms with Gasteiger partial charge < -0.3 is 22.5 Å². The highest BCUT2D eigenvalue weighted by Gasteiger charge is 2.24. The highest BCUT2D eigenvalue weighted by atomic mass is 15.1. The summed E-state index contributed by atoms with van der Waals surface area (Å²) >= 11 is 0. The Kier molecular flexibility index (Phi) is 3.55. The highest BCUT2D eigenvalue weighted by Crippen LogP contribution is 2.20. The average Bonchev–Trinajstić information content (AvgIpc) is 2.06. The predicted molar refractivity (Wildman–Crippen MR) is 56.9 cm³/mol. The molecule has 0 heterocycles. The Hall–Kier alpha value is -1.46. The maximum atomic E-state index is 7.16. The van der Waals surface area contributed by atoms with Crippen molar-refractivity contribution in [2.24, 2.45) is 22.2 Å². The van der Waals surface area contributed by atoms with Crippen molar-refractivity contribution in [2.75, 3.05) is 0 Å². The minimum Gasteiger partial charge on any atom is -0.370 e. The molecule has 6 nitrogen and oxygen atoms in total. The van der Waals surface area contributed by atoms with Gasteiger partial charge in [-0.15, -0.1) is 0 Å². The molecule has 0 radical (unpaired) electrons. The van der Waals surface area contributed by atoms with E-state index in [1.807, 2.05) is 0 Å². The third-order valence-corrected chi connectivity index (χ3v) is 2.39. The molecule has 0 saturated heterocycles. The summed E-state index contributed by atoms with van der Waals surface area (Å²) in [5, 5.41) is 10.0. The number of guanidine groups is 2. The van der Waals surface area contributed by atoms with Crippen molar-refractivity contribution in [2.45, 2.75) is 37.8 Å². The molecular weight excluding hydrogens is 180 g/mol. The number of nitrogens with zero attached hydrogens (tertiary/aromatic N) is 1. The number of nitrogens with one attached hydrogen (secondary N) is 2. The fourth-order valence-electron chi connectivity index (χ4n) is 1.83. The van der Waals surface area contributed by atoms with Gasteiger partial charge in [0, 0.05) is 0 Å². The quantitative estimate of drug-likeness (QED) is 0.290. The molecule has 0 unspecified atom stereocenters. The first-order valence-electron chi connectivity index (χ1n) is 4.79. The molecule has 0 aliphatic heterocycles. The largest absolute Gasteiger partial charge is 0.370 e. The Labute approximate surface area is 83.4 Å². The standard InChI is InChI=1S/C8H18N6/c9-7(10)13-5-3-1-2-4-6(5)14-8(11)12/h5-6H,1-4H2,(H4,9,10,13)(H4,11,12,14)/t5-,6-/m1/s1. The molecule has 0 spiro atoms. The van der Waals surface area contributed by atoms with Gasteiger partial charge in [0.1, 0.15) is 0 Å². The second-order valence-corrected chi connectivity index (χ2v) is 3.57. The van der Waals surface area contributed by atoms with Crippen molar-refractivity contribution in [3.63, 3.8) is 0 Å².